The second-order valence-electron chi connectivity index (χ2n) is 9.76. The van der Waals surface area contributed by atoms with Gasteiger partial charge in [-0.15, -0.1) is 0 Å². The van der Waals surface area contributed by atoms with Crippen LogP contribution in [0.1, 0.15) is 50.1 Å². The van der Waals surface area contributed by atoms with Gasteiger partial charge in [0.25, 0.3) is 0 Å². The highest BCUT2D eigenvalue weighted by Crippen LogP contribution is 2.39. The largest absolute Gasteiger partial charge is 0.383 e. The number of nitrogens with two attached hydrogens (primary N) is 1. The van der Waals surface area contributed by atoms with Crippen molar-refractivity contribution in [2.24, 2.45) is 11.8 Å². The van der Waals surface area contributed by atoms with Crippen molar-refractivity contribution >= 4 is 45.2 Å². The molecule has 1 aromatic carbocycles. The Balaban J connectivity index is 1.12. The summed E-state index contributed by atoms with van der Waals surface area (Å²) < 4.78 is 2.30. The number of nitrogen functional groups attached to an aromatic ring is 1. The summed E-state index contributed by atoms with van der Waals surface area (Å²) in [5.74, 6) is 2.88. The van der Waals surface area contributed by atoms with Crippen LogP contribution in [0.2, 0.25) is 5.02 Å². The average Bonchev–Trinajstić information content (AvgIpc) is 3.35. The van der Waals surface area contributed by atoms with Crippen molar-refractivity contribution in [1.29, 1.82) is 0 Å². The van der Waals surface area contributed by atoms with Gasteiger partial charge in [-0.3, -0.25) is 0 Å². The lowest BCUT2D eigenvalue weighted by molar-refractivity contribution is 0.461. The molecule has 6 rings (SSSR count). The number of aromatic nitrogens is 4. The first-order valence-electron chi connectivity index (χ1n) is 12.0. The third-order valence-corrected chi connectivity index (χ3v) is 7.67. The molecule has 2 aliphatic carbocycles. The number of benzene rings is 1. The second-order valence-corrected chi connectivity index (χ2v) is 10.2. The summed E-state index contributed by atoms with van der Waals surface area (Å²) in [5, 5.41) is 6.20. The maximum atomic E-state index is 6.45. The van der Waals surface area contributed by atoms with E-state index in [-0.39, 0.29) is 0 Å². The van der Waals surface area contributed by atoms with Crippen LogP contribution in [0, 0.1) is 11.8 Å². The quantitative estimate of drug-likeness (QED) is 0.353. The van der Waals surface area contributed by atoms with Gasteiger partial charge in [0.1, 0.15) is 23.6 Å². The van der Waals surface area contributed by atoms with E-state index in [1.807, 2.05) is 12.1 Å². The Kier molecular flexibility index (Phi) is 5.33. The van der Waals surface area contributed by atoms with Gasteiger partial charge in [-0.2, -0.15) is 0 Å². The van der Waals surface area contributed by atoms with E-state index in [1.165, 1.54) is 44.1 Å². The summed E-state index contributed by atoms with van der Waals surface area (Å²) in [6.45, 7) is 0.968. The first-order chi connectivity index (χ1) is 16.1. The molecular formula is C26H29ClN6. The minimum absolute atomic E-state index is 0.488. The lowest BCUT2D eigenvalue weighted by Crippen LogP contribution is -2.06. The fourth-order valence-electron chi connectivity index (χ4n) is 5.25. The number of hydrogen-bond acceptors (Lipinski definition) is 5. The van der Waals surface area contributed by atoms with Crippen LogP contribution in [0.3, 0.4) is 0 Å². The van der Waals surface area contributed by atoms with Crippen LogP contribution in [-0.2, 0) is 6.42 Å². The van der Waals surface area contributed by atoms with Crippen molar-refractivity contribution in [2.75, 3.05) is 17.6 Å². The zero-order valence-corrected chi connectivity index (χ0v) is 19.4. The molecule has 2 saturated carbocycles. The molecule has 6 nitrogen and oxygen atoms in total. The summed E-state index contributed by atoms with van der Waals surface area (Å²) in [6.07, 6.45) is 12.2. The number of fused-ring (bicyclic) bond motifs is 2. The summed E-state index contributed by atoms with van der Waals surface area (Å²) in [5.41, 5.74) is 9.35. The first kappa shape index (κ1) is 20.7. The number of pyridine rings is 1. The van der Waals surface area contributed by atoms with E-state index >= 15 is 0 Å². The van der Waals surface area contributed by atoms with E-state index in [1.54, 1.807) is 6.33 Å². The van der Waals surface area contributed by atoms with Crippen molar-refractivity contribution in [1.82, 2.24) is 19.5 Å². The molecule has 33 heavy (non-hydrogen) atoms. The highest BCUT2D eigenvalue weighted by atomic mass is 35.5. The molecule has 170 valence electrons. The minimum Gasteiger partial charge on any atom is -0.383 e. The van der Waals surface area contributed by atoms with Crippen molar-refractivity contribution < 1.29 is 0 Å². The highest BCUT2D eigenvalue weighted by molar-refractivity contribution is 6.33. The van der Waals surface area contributed by atoms with Gasteiger partial charge in [-0.05, 0) is 80.5 Å². The number of rotatable bonds is 7. The van der Waals surface area contributed by atoms with Crippen molar-refractivity contribution in [3.8, 4) is 0 Å². The summed E-state index contributed by atoms with van der Waals surface area (Å²) in [4.78, 5) is 13.4. The SMILES string of the molecule is Nc1ncnc2c1ccn2[C@H]1CC[C@@H](CCc2ccc3cc(Cl)c(NCC4CC4)nc3c2)C1. The minimum atomic E-state index is 0.488. The Hall–Kier alpha value is -2.86. The summed E-state index contributed by atoms with van der Waals surface area (Å²) in [7, 11) is 0. The number of halogens is 1. The van der Waals surface area contributed by atoms with E-state index in [2.05, 4.69) is 44.2 Å². The van der Waals surface area contributed by atoms with Crippen molar-refractivity contribution in [3.05, 3.63) is 53.4 Å². The van der Waals surface area contributed by atoms with Crippen LogP contribution in [0.4, 0.5) is 11.6 Å². The number of anilines is 2. The predicted octanol–water partition coefficient (Wildman–Crippen LogP) is 6.01. The zero-order chi connectivity index (χ0) is 22.4. The van der Waals surface area contributed by atoms with Gasteiger partial charge in [-0.1, -0.05) is 23.7 Å². The third kappa shape index (κ3) is 4.24. The topological polar surface area (TPSA) is 81.6 Å². The van der Waals surface area contributed by atoms with Crippen LogP contribution in [0.25, 0.3) is 21.9 Å². The van der Waals surface area contributed by atoms with Crippen LogP contribution >= 0.6 is 11.6 Å². The van der Waals surface area contributed by atoms with Crippen molar-refractivity contribution in [3.63, 3.8) is 0 Å². The van der Waals surface area contributed by atoms with Crippen LogP contribution < -0.4 is 11.1 Å². The van der Waals surface area contributed by atoms with Gasteiger partial charge in [0.05, 0.1) is 15.9 Å². The monoisotopic (exact) mass is 460 g/mol. The van der Waals surface area contributed by atoms with E-state index in [4.69, 9.17) is 22.3 Å². The lowest BCUT2D eigenvalue weighted by Gasteiger charge is -2.15. The molecule has 0 amide bonds. The fourth-order valence-corrected chi connectivity index (χ4v) is 5.48. The molecule has 0 bridgehead atoms. The van der Waals surface area contributed by atoms with Crippen LogP contribution in [0.5, 0.6) is 0 Å². The zero-order valence-electron chi connectivity index (χ0n) is 18.7. The molecule has 7 heteroatoms. The van der Waals surface area contributed by atoms with E-state index in [0.29, 0.717) is 16.9 Å². The fraction of sp³-hybridized carbons (Fsp3) is 0.423. The number of nitrogens with one attached hydrogen (secondary N) is 1. The molecule has 0 spiro atoms. The predicted molar refractivity (Wildman–Crippen MR) is 135 cm³/mol. The highest BCUT2D eigenvalue weighted by Gasteiger charge is 2.27. The maximum absolute atomic E-state index is 6.45. The Labute approximate surface area is 198 Å². The van der Waals surface area contributed by atoms with Gasteiger partial charge in [-0.25, -0.2) is 15.0 Å². The molecule has 0 aliphatic heterocycles. The van der Waals surface area contributed by atoms with Gasteiger partial charge in [0.15, 0.2) is 0 Å². The number of hydrogen-bond donors (Lipinski definition) is 2. The summed E-state index contributed by atoms with van der Waals surface area (Å²) in [6, 6.07) is 11.2. The molecule has 0 unspecified atom stereocenters. The van der Waals surface area contributed by atoms with Crippen molar-refractivity contribution in [2.45, 2.75) is 51.0 Å². The Bertz CT molecular complexity index is 1310. The van der Waals surface area contributed by atoms with Gasteiger partial charge in [0, 0.05) is 24.2 Å². The summed E-state index contributed by atoms with van der Waals surface area (Å²) >= 11 is 6.45. The molecule has 3 N–H and O–H groups in total. The normalized spacial score (nSPS) is 20.6. The lowest BCUT2D eigenvalue weighted by atomic mass is 9.97. The molecule has 2 atom stereocenters. The molecule has 4 aromatic rings. The molecule has 0 radical (unpaired) electrons. The molecular weight excluding hydrogens is 432 g/mol. The molecule has 2 fully saturated rings. The van der Waals surface area contributed by atoms with Gasteiger partial charge in [0.2, 0.25) is 0 Å². The standard InChI is InChI=1S/C26H29ClN6/c27-22-13-19-7-5-17(12-23(19)32-25(22)29-14-18-3-4-18)2-1-16-6-8-20(11-16)33-10-9-21-24(28)30-15-31-26(21)33/h5,7,9-10,12-13,15-16,18,20H,1-4,6,8,11,14H2,(H,29,32)(H2,28,30,31)/t16-,20+/m1/s1. The smallest absolute Gasteiger partial charge is 0.145 e. The first-order valence-corrected chi connectivity index (χ1v) is 12.4. The van der Waals surface area contributed by atoms with E-state index in [0.717, 1.165) is 52.6 Å². The average molecular weight is 461 g/mol. The maximum Gasteiger partial charge on any atom is 0.145 e. The van der Waals surface area contributed by atoms with Crippen LogP contribution in [0.15, 0.2) is 42.9 Å². The Morgan fingerprint density at radius 3 is 2.82 bits per heavy atom. The molecule has 2 aliphatic rings. The molecule has 0 saturated heterocycles. The molecule has 3 heterocycles. The Morgan fingerprint density at radius 2 is 1.94 bits per heavy atom. The Morgan fingerprint density at radius 1 is 1.06 bits per heavy atom. The van der Waals surface area contributed by atoms with Crippen LogP contribution in [-0.4, -0.2) is 26.1 Å². The number of aryl methyl sites for hydroxylation is 1. The number of nitrogens with zero attached hydrogens (tertiary/aromatic N) is 4. The van der Waals surface area contributed by atoms with E-state index < -0.39 is 0 Å². The van der Waals surface area contributed by atoms with Gasteiger partial charge < -0.3 is 15.6 Å². The second kappa shape index (κ2) is 8.49. The third-order valence-electron chi connectivity index (χ3n) is 7.38. The van der Waals surface area contributed by atoms with E-state index in [9.17, 15) is 0 Å². The molecule has 3 aromatic heterocycles. The van der Waals surface area contributed by atoms with Gasteiger partial charge >= 0.3 is 0 Å².